The van der Waals surface area contributed by atoms with Gasteiger partial charge in [0.2, 0.25) is 0 Å². The fraction of sp³-hybridized carbons (Fsp3) is 0.417. The van der Waals surface area contributed by atoms with E-state index in [0.717, 1.165) is 31.2 Å². The Hall–Kier alpha value is -2.39. The first-order chi connectivity index (χ1) is 16.4. The van der Waals surface area contributed by atoms with Crippen molar-refractivity contribution in [1.29, 1.82) is 0 Å². The second-order valence-corrected chi connectivity index (χ2v) is 9.85. The molecule has 2 heterocycles. The molecule has 1 saturated carbocycles. The summed E-state index contributed by atoms with van der Waals surface area (Å²) in [5, 5.41) is 7.31. The topological polar surface area (TPSA) is 88.3 Å². The van der Waals surface area contributed by atoms with Crippen LogP contribution in [0, 0.1) is 5.82 Å². The summed E-state index contributed by atoms with van der Waals surface area (Å²) >= 11 is 11.8. The highest BCUT2D eigenvalue weighted by atomic mass is 35.5. The van der Waals surface area contributed by atoms with E-state index in [1.165, 1.54) is 12.1 Å². The zero-order valence-electron chi connectivity index (χ0n) is 18.4. The molecule has 0 atom stereocenters. The molecule has 2 fully saturated rings. The van der Waals surface area contributed by atoms with Gasteiger partial charge >= 0.3 is 0 Å². The van der Waals surface area contributed by atoms with Crippen LogP contribution in [0.15, 0.2) is 36.4 Å². The quantitative estimate of drug-likeness (QED) is 0.439. The SMILES string of the molecule is O=C(N[C@H]1CC[C@H](NCC2(Oc3ccc(Cl)c(F)c3)COC2)CC1)c1nc2ccc(Cl)cc2[nH]1. The minimum absolute atomic E-state index is 0.0676. The molecule has 1 aliphatic heterocycles. The van der Waals surface area contributed by atoms with Gasteiger partial charge in [0.25, 0.3) is 5.91 Å². The molecule has 5 rings (SSSR count). The maximum absolute atomic E-state index is 13.8. The summed E-state index contributed by atoms with van der Waals surface area (Å²) in [6, 6.07) is 10.1. The molecule has 10 heteroatoms. The van der Waals surface area contributed by atoms with E-state index < -0.39 is 11.4 Å². The summed E-state index contributed by atoms with van der Waals surface area (Å²) in [4.78, 5) is 20.0. The van der Waals surface area contributed by atoms with Gasteiger partial charge in [0, 0.05) is 29.7 Å². The zero-order chi connectivity index (χ0) is 23.7. The first-order valence-corrected chi connectivity index (χ1v) is 12.1. The molecule has 0 unspecified atom stereocenters. The average molecular weight is 507 g/mol. The Kier molecular flexibility index (Phi) is 6.66. The van der Waals surface area contributed by atoms with E-state index >= 15 is 0 Å². The molecular weight excluding hydrogens is 482 g/mol. The van der Waals surface area contributed by atoms with Gasteiger partial charge in [-0.15, -0.1) is 0 Å². The second kappa shape index (κ2) is 9.70. The number of imidazole rings is 1. The van der Waals surface area contributed by atoms with Crippen molar-refractivity contribution in [2.75, 3.05) is 19.8 Å². The number of aromatic nitrogens is 2. The van der Waals surface area contributed by atoms with Crippen LogP contribution in [0.4, 0.5) is 4.39 Å². The lowest BCUT2D eigenvalue weighted by Crippen LogP contribution is -2.61. The van der Waals surface area contributed by atoms with Crippen LogP contribution < -0.4 is 15.4 Å². The Morgan fingerprint density at radius 2 is 1.91 bits per heavy atom. The number of aromatic amines is 1. The van der Waals surface area contributed by atoms with E-state index in [9.17, 15) is 9.18 Å². The van der Waals surface area contributed by atoms with Crippen molar-refractivity contribution in [2.24, 2.45) is 0 Å². The molecule has 3 aromatic rings. The van der Waals surface area contributed by atoms with Crippen molar-refractivity contribution in [3.8, 4) is 5.75 Å². The number of rotatable bonds is 7. The van der Waals surface area contributed by atoms with Crippen LogP contribution in [0.25, 0.3) is 11.0 Å². The number of carbonyl (C=O) groups excluding carboxylic acids is 1. The molecule has 0 bridgehead atoms. The lowest BCUT2D eigenvalue weighted by molar-refractivity contribution is -0.159. The first-order valence-electron chi connectivity index (χ1n) is 11.3. The lowest BCUT2D eigenvalue weighted by atomic mass is 9.90. The summed E-state index contributed by atoms with van der Waals surface area (Å²) in [7, 11) is 0. The van der Waals surface area contributed by atoms with Gasteiger partial charge in [0.1, 0.15) is 11.6 Å². The molecule has 0 spiro atoms. The van der Waals surface area contributed by atoms with Crippen LogP contribution in [0.2, 0.25) is 10.0 Å². The fourth-order valence-corrected chi connectivity index (χ4v) is 4.72. The first kappa shape index (κ1) is 23.4. The van der Waals surface area contributed by atoms with Crippen molar-refractivity contribution < 1.29 is 18.7 Å². The van der Waals surface area contributed by atoms with E-state index in [1.54, 1.807) is 24.3 Å². The molecule has 7 nitrogen and oxygen atoms in total. The van der Waals surface area contributed by atoms with Crippen LogP contribution >= 0.6 is 23.2 Å². The monoisotopic (exact) mass is 506 g/mol. The average Bonchev–Trinajstić information content (AvgIpc) is 3.22. The molecular formula is C24H25Cl2FN4O3. The van der Waals surface area contributed by atoms with Gasteiger partial charge in [-0.1, -0.05) is 23.2 Å². The highest BCUT2D eigenvalue weighted by molar-refractivity contribution is 6.31. The number of H-pyrrole nitrogens is 1. The van der Waals surface area contributed by atoms with Crippen molar-refractivity contribution in [1.82, 2.24) is 20.6 Å². The van der Waals surface area contributed by atoms with E-state index in [4.69, 9.17) is 32.7 Å². The third-order valence-electron chi connectivity index (χ3n) is 6.39. The van der Waals surface area contributed by atoms with Gasteiger partial charge in [-0.3, -0.25) is 4.79 Å². The molecule has 3 N–H and O–H groups in total. The number of nitrogens with zero attached hydrogens (tertiary/aromatic N) is 1. The van der Waals surface area contributed by atoms with Crippen LogP contribution in [-0.4, -0.2) is 53.3 Å². The molecule has 0 radical (unpaired) electrons. The fourth-order valence-electron chi connectivity index (χ4n) is 4.43. The predicted molar refractivity (Wildman–Crippen MR) is 128 cm³/mol. The molecule has 2 aliphatic rings. The maximum Gasteiger partial charge on any atom is 0.287 e. The normalized spacial score (nSPS) is 21.7. The summed E-state index contributed by atoms with van der Waals surface area (Å²) in [5.74, 6) is 0.0127. The number of carbonyl (C=O) groups is 1. The Morgan fingerprint density at radius 1 is 1.15 bits per heavy atom. The Bertz CT molecular complexity index is 1190. The maximum atomic E-state index is 13.8. The van der Waals surface area contributed by atoms with Gasteiger partial charge < -0.3 is 25.1 Å². The third-order valence-corrected chi connectivity index (χ3v) is 6.93. The molecule has 180 valence electrons. The highest BCUT2D eigenvalue weighted by Crippen LogP contribution is 2.29. The Morgan fingerprint density at radius 3 is 2.62 bits per heavy atom. The minimum Gasteiger partial charge on any atom is -0.481 e. The summed E-state index contributed by atoms with van der Waals surface area (Å²) in [6.45, 7) is 1.48. The van der Waals surface area contributed by atoms with Crippen LogP contribution in [0.5, 0.6) is 5.75 Å². The Labute approximate surface area is 206 Å². The summed E-state index contributed by atoms with van der Waals surface area (Å²) in [6.07, 6.45) is 3.57. The standard InChI is InChI=1S/C24H25Cl2FN4O3/c25-14-1-8-20-21(9-14)31-22(30-20)23(32)29-16-4-2-15(3-5-16)28-11-24(12-33-13-24)34-17-6-7-18(26)19(27)10-17/h1,6-10,15-16,28H,2-5,11-13H2,(H,29,32)(H,30,31)/t15-,16-. The van der Waals surface area contributed by atoms with Gasteiger partial charge in [0.15, 0.2) is 11.4 Å². The van der Waals surface area contributed by atoms with E-state index in [2.05, 4.69) is 20.6 Å². The van der Waals surface area contributed by atoms with E-state index in [1.807, 2.05) is 0 Å². The molecule has 2 aromatic carbocycles. The zero-order valence-corrected chi connectivity index (χ0v) is 19.9. The number of amides is 1. The van der Waals surface area contributed by atoms with Crippen LogP contribution in [0.3, 0.4) is 0 Å². The lowest BCUT2D eigenvalue weighted by Gasteiger charge is -2.43. The van der Waals surface area contributed by atoms with E-state index in [-0.39, 0.29) is 17.0 Å². The molecule has 1 aromatic heterocycles. The van der Waals surface area contributed by atoms with Crippen molar-refractivity contribution >= 4 is 40.1 Å². The highest BCUT2D eigenvalue weighted by Gasteiger charge is 2.42. The Balaban J connectivity index is 1.10. The van der Waals surface area contributed by atoms with E-state index in [0.29, 0.717) is 47.9 Å². The van der Waals surface area contributed by atoms with Gasteiger partial charge in [-0.2, -0.15) is 0 Å². The molecule has 1 amide bonds. The van der Waals surface area contributed by atoms with Crippen molar-refractivity contribution in [3.05, 3.63) is 58.1 Å². The number of halogens is 3. The molecule has 34 heavy (non-hydrogen) atoms. The van der Waals surface area contributed by atoms with Gasteiger partial charge in [-0.25, -0.2) is 9.37 Å². The third kappa shape index (κ3) is 5.15. The van der Waals surface area contributed by atoms with Gasteiger partial charge in [0.05, 0.1) is 29.3 Å². The predicted octanol–water partition coefficient (Wildman–Crippen LogP) is 4.49. The minimum atomic E-state index is -0.518. The number of nitrogens with one attached hydrogen (secondary N) is 3. The number of benzene rings is 2. The number of hydrogen-bond donors (Lipinski definition) is 3. The van der Waals surface area contributed by atoms with Crippen molar-refractivity contribution in [3.63, 3.8) is 0 Å². The smallest absolute Gasteiger partial charge is 0.287 e. The number of ether oxygens (including phenoxy) is 2. The summed E-state index contributed by atoms with van der Waals surface area (Å²) in [5.41, 5.74) is 0.929. The number of hydrogen-bond acceptors (Lipinski definition) is 5. The second-order valence-electron chi connectivity index (χ2n) is 9.00. The molecule has 1 aliphatic carbocycles. The molecule has 1 saturated heterocycles. The van der Waals surface area contributed by atoms with Crippen LogP contribution in [-0.2, 0) is 4.74 Å². The van der Waals surface area contributed by atoms with Crippen LogP contribution in [0.1, 0.15) is 36.3 Å². The summed E-state index contributed by atoms with van der Waals surface area (Å²) < 4.78 is 25.2. The largest absolute Gasteiger partial charge is 0.481 e. The number of fused-ring (bicyclic) bond motifs is 1. The van der Waals surface area contributed by atoms with Gasteiger partial charge in [-0.05, 0) is 56.0 Å². The van der Waals surface area contributed by atoms with Crippen molar-refractivity contribution in [2.45, 2.75) is 43.4 Å².